The Bertz CT molecular complexity index is 548. The Morgan fingerprint density at radius 3 is 2.39 bits per heavy atom. The number of amides is 1. The Balaban J connectivity index is 2.10. The fraction of sp³-hybridized carbons (Fsp3) is 0.688. The molecule has 0 saturated carbocycles. The minimum atomic E-state index is -0.702. The number of primary amides is 1. The zero-order valence-corrected chi connectivity index (χ0v) is 15.8. The van der Waals surface area contributed by atoms with Gasteiger partial charge >= 0.3 is 6.09 Å². The molecule has 1 aromatic heterocycles. The van der Waals surface area contributed by atoms with Gasteiger partial charge in [-0.3, -0.25) is 0 Å². The predicted octanol–water partition coefficient (Wildman–Crippen LogP) is 3.36. The first-order valence-electron chi connectivity index (χ1n) is 7.80. The third-order valence-electron chi connectivity index (χ3n) is 4.49. The summed E-state index contributed by atoms with van der Waals surface area (Å²) in [7, 11) is 0. The lowest BCUT2D eigenvalue weighted by Crippen LogP contribution is -2.51. The molecule has 0 bridgehead atoms. The first-order valence-corrected chi connectivity index (χ1v) is 8.60. The number of aromatic nitrogens is 2. The van der Waals surface area contributed by atoms with E-state index in [0.717, 1.165) is 36.4 Å². The van der Waals surface area contributed by atoms with E-state index in [-0.39, 0.29) is 16.9 Å². The summed E-state index contributed by atoms with van der Waals surface area (Å²) in [5.41, 5.74) is 5.03. The van der Waals surface area contributed by atoms with Crippen LogP contribution in [0.25, 0.3) is 0 Å². The van der Waals surface area contributed by atoms with Crippen LogP contribution in [0, 0.1) is 10.8 Å². The zero-order valence-electron chi connectivity index (χ0n) is 14.2. The largest absolute Gasteiger partial charge is 0.445 e. The molecule has 1 amide bonds. The van der Waals surface area contributed by atoms with Crippen molar-refractivity contribution >= 4 is 27.8 Å². The first-order chi connectivity index (χ1) is 10.6. The molecule has 1 fully saturated rings. The fourth-order valence-electron chi connectivity index (χ4n) is 3.46. The average Bonchev–Trinajstić information content (AvgIpc) is 2.45. The van der Waals surface area contributed by atoms with E-state index in [2.05, 4.69) is 58.5 Å². The second-order valence-corrected chi connectivity index (χ2v) is 8.33. The molecule has 0 spiro atoms. The molecule has 2 rings (SSSR count). The van der Waals surface area contributed by atoms with Gasteiger partial charge in [0.05, 0.1) is 12.4 Å². The lowest BCUT2D eigenvalue weighted by molar-refractivity contribution is -0.0598. The van der Waals surface area contributed by atoms with Gasteiger partial charge in [0.15, 0.2) is 0 Å². The number of carbonyl (C=O) groups excluding carboxylic acids is 1. The molecule has 2 heterocycles. The number of ether oxygens (including phenoxy) is 1. The number of piperidine rings is 1. The van der Waals surface area contributed by atoms with Gasteiger partial charge in [-0.1, -0.05) is 27.7 Å². The van der Waals surface area contributed by atoms with E-state index in [4.69, 9.17) is 10.5 Å². The maximum Gasteiger partial charge on any atom is 0.404 e. The van der Waals surface area contributed by atoms with Gasteiger partial charge < -0.3 is 15.4 Å². The first kappa shape index (κ1) is 18.0. The number of rotatable bonds is 3. The highest BCUT2D eigenvalue weighted by molar-refractivity contribution is 9.10. The van der Waals surface area contributed by atoms with Gasteiger partial charge in [-0.05, 0) is 34.2 Å². The highest BCUT2D eigenvalue weighted by atomic mass is 79.9. The highest BCUT2D eigenvalue weighted by Gasteiger charge is 2.45. The highest BCUT2D eigenvalue weighted by Crippen LogP contribution is 2.44. The van der Waals surface area contributed by atoms with Crippen LogP contribution in [0.2, 0.25) is 0 Å². The van der Waals surface area contributed by atoms with Crippen molar-refractivity contribution in [3.8, 4) is 0 Å². The van der Waals surface area contributed by atoms with E-state index in [1.54, 1.807) is 12.4 Å². The molecule has 0 aromatic carbocycles. The molecule has 1 atom stereocenters. The average molecular weight is 385 g/mol. The van der Waals surface area contributed by atoms with Crippen molar-refractivity contribution in [3.63, 3.8) is 0 Å². The summed E-state index contributed by atoms with van der Waals surface area (Å²) in [4.78, 5) is 22.2. The van der Waals surface area contributed by atoms with Crippen molar-refractivity contribution in [2.24, 2.45) is 16.6 Å². The Labute approximate surface area is 145 Å². The molecule has 23 heavy (non-hydrogen) atoms. The van der Waals surface area contributed by atoms with Crippen LogP contribution < -0.4 is 10.6 Å². The van der Waals surface area contributed by atoms with Gasteiger partial charge in [0.25, 0.3) is 0 Å². The quantitative estimate of drug-likeness (QED) is 0.863. The third-order valence-corrected chi connectivity index (χ3v) is 4.90. The van der Waals surface area contributed by atoms with Crippen LogP contribution >= 0.6 is 15.9 Å². The van der Waals surface area contributed by atoms with Crippen molar-refractivity contribution in [2.45, 2.75) is 46.6 Å². The fourth-order valence-corrected chi connectivity index (χ4v) is 3.66. The summed E-state index contributed by atoms with van der Waals surface area (Å²) in [6, 6.07) is 0. The molecule has 1 aliphatic heterocycles. The molecular weight excluding hydrogens is 360 g/mol. The lowest BCUT2D eigenvalue weighted by Gasteiger charge is -2.48. The topological polar surface area (TPSA) is 81.3 Å². The molecule has 1 aliphatic rings. The molecule has 1 aromatic rings. The second kappa shape index (κ2) is 6.63. The monoisotopic (exact) mass is 384 g/mol. The van der Waals surface area contributed by atoms with E-state index in [1.165, 1.54) is 0 Å². The number of halogens is 1. The van der Waals surface area contributed by atoms with E-state index in [9.17, 15) is 4.79 Å². The maximum atomic E-state index is 11.3. The molecule has 7 heteroatoms. The van der Waals surface area contributed by atoms with Gasteiger partial charge in [0.2, 0.25) is 0 Å². The second-order valence-electron chi connectivity index (χ2n) is 7.52. The van der Waals surface area contributed by atoms with Gasteiger partial charge in [-0.15, -0.1) is 0 Å². The predicted molar refractivity (Wildman–Crippen MR) is 93.2 cm³/mol. The Morgan fingerprint density at radius 2 is 1.96 bits per heavy atom. The maximum absolute atomic E-state index is 11.3. The summed E-state index contributed by atoms with van der Waals surface area (Å²) in [5.74, 6) is 0.873. The third kappa shape index (κ3) is 4.34. The van der Waals surface area contributed by atoms with Crippen LogP contribution in [0.5, 0.6) is 0 Å². The van der Waals surface area contributed by atoms with Crippen molar-refractivity contribution in [1.82, 2.24) is 9.97 Å². The van der Waals surface area contributed by atoms with E-state index in [0.29, 0.717) is 0 Å². The molecule has 1 saturated heterocycles. The normalized spacial score (nSPS) is 19.3. The summed E-state index contributed by atoms with van der Waals surface area (Å²) < 4.78 is 6.23. The van der Waals surface area contributed by atoms with Crippen LogP contribution in [-0.4, -0.2) is 35.3 Å². The summed E-state index contributed by atoms with van der Waals surface area (Å²) in [6.07, 6.45) is 4.36. The summed E-state index contributed by atoms with van der Waals surface area (Å²) in [5, 5.41) is 0. The Morgan fingerprint density at radius 1 is 1.35 bits per heavy atom. The van der Waals surface area contributed by atoms with E-state index < -0.39 is 6.09 Å². The SMILES string of the molecule is CC(C)(C)C(OC(N)=O)C1(C)CCN(c2cnc(Br)cn2)CC1. The van der Waals surface area contributed by atoms with Crippen LogP contribution in [-0.2, 0) is 4.74 Å². The molecule has 1 unspecified atom stereocenters. The number of nitrogens with zero attached hydrogens (tertiary/aromatic N) is 3. The number of hydrogen-bond donors (Lipinski definition) is 1. The van der Waals surface area contributed by atoms with Crippen molar-refractivity contribution in [2.75, 3.05) is 18.0 Å². The van der Waals surface area contributed by atoms with Crippen molar-refractivity contribution in [1.29, 1.82) is 0 Å². The lowest BCUT2D eigenvalue weighted by atomic mass is 9.67. The molecule has 2 N–H and O–H groups in total. The number of hydrogen-bond acceptors (Lipinski definition) is 5. The smallest absolute Gasteiger partial charge is 0.404 e. The molecule has 0 aliphatic carbocycles. The van der Waals surface area contributed by atoms with Gasteiger partial charge in [-0.25, -0.2) is 14.8 Å². The van der Waals surface area contributed by atoms with Crippen LogP contribution in [0.3, 0.4) is 0 Å². The van der Waals surface area contributed by atoms with E-state index in [1.807, 2.05) is 0 Å². The minimum absolute atomic E-state index is 0.105. The van der Waals surface area contributed by atoms with E-state index >= 15 is 0 Å². The Kier molecular flexibility index (Phi) is 5.18. The number of nitrogens with two attached hydrogens (primary N) is 1. The van der Waals surface area contributed by atoms with Crippen LogP contribution in [0.15, 0.2) is 17.0 Å². The van der Waals surface area contributed by atoms with Crippen LogP contribution in [0.4, 0.5) is 10.6 Å². The summed E-state index contributed by atoms with van der Waals surface area (Å²) >= 11 is 3.30. The molecule has 0 radical (unpaired) electrons. The van der Waals surface area contributed by atoms with Crippen LogP contribution in [0.1, 0.15) is 40.5 Å². The van der Waals surface area contributed by atoms with Crippen molar-refractivity contribution < 1.29 is 9.53 Å². The number of carbonyl (C=O) groups is 1. The standard InChI is InChI=1S/C16H25BrN4O2/c1-15(2,3)13(23-14(18)22)16(4)5-7-21(8-6-16)12-10-19-11(17)9-20-12/h9-10,13H,5-8H2,1-4H3,(H2,18,22). The molecule has 6 nitrogen and oxygen atoms in total. The summed E-state index contributed by atoms with van der Waals surface area (Å²) in [6.45, 7) is 10.1. The molecule has 128 valence electrons. The van der Waals surface area contributed by atoms with Gasteiger partial charge in [0.1, 0.15) is 16.5 Å². The van der Waals surface area contributed by atoms with Gasteiger partial charge in [0, 0.05) is 18.5 Å². The van der Waals surface area contributed by atoms with Gasteiger partial charge in [-0.2, -0.15) is 0 Å². The van der Waals surface area contributed by atoms with Crippen molar-refractivity contribution in [3.05, 3.63) is 17.0 Å². The molecular formula is C16H25BrN4O2. The Hall–Kier alpha value is -1.37. The number of anilines is 1. The zero-order chi connectivity index (χ0) is 17.3. The minimum Gasteiger partial charge on any atom is -0.445 e.